The number of sulfonamides is 1. The summed E-state index contributed by atoms with van der Waals surface area (Å²) >= 11 is 0. The Kier molecular flexibility index (Phi) is 7.18. The summed E-state index contributed by atoms with van der Waals surface area (Å²) in [6.07, 6.45) is 2.36. The highest BCUT2D eigenvalue weighted by molar-refractivity contribution is 7.90. The van der Waals surface area contributed by atoms with Gasteiger partial charge in [0.2, 0.25) is 10.0 Å². The van der Waals surface area contributed by atoms with Crippen LogP contribution in [0.15, 0.2) is 28.0 Å². The Morgan fingerprint density at radius 2 is 1.79 bits per heavy atom. The molecular formula is C14H22ClFN2O4S2. The second-order valence-corrected chi connectivity index (χ2v) is 9.69. The SMILES string of the molecule is CNCC1CCN(S(=O)(=O)c2ccc(S(C)(=O)=O)c(F)c2)CC1.Cl. The zero-order chi connectivity index (χ0) is 17.3. The molecule has 0 aromatic heterocycles. The summed E-state index contributed by atoms with van der Waals surface area (Å²) in [7, 11) is -5.68. The number of rotatable bonds is 5. The van der Waals surface area contributed by atoms with Crippen molar-refractivity contribution in [1.82, 2.24) is 9.62 Å². The Morgan fingerprint density at radius 1 is 1.21 bits per heavy atom. The van der Waals surface area contributed by atoms with Crippen LogP contribution in [0.1, 0.15) is 12.8 Å². The third-order valence-electron chi connectivity index (χ3n) is 4.01. The van der Waals surface area contributed by atoms with Gasteiger partial charge in [-0.2, -0.15) is 4.31 Å². The van der Waals surface area contributed by atoms with E-state index < -0.39 is 30.6 Å². The average molecular weight is 401 g/mol. The van der Waals surface area contributed by atoms with Gasteiger partial charge in [-0.1, -0.05) is 0 Å². The highest BCUT2D eigenvalue weighted by Gasteiger charge is 2.30. The smallest absolute Gasteiger partial charge is 0.243 e. The fourth-order valence-electron chi connectivity index (χ4n) is 2.73. The first-order valence-corrected chi connectivity index (χ1v) is 10.6. The van der Waals surface area contributed by atoms with Gasteiger partial charge in [-0.15, -0.1) is 12.4 Å². The number of nitrogens with zero attached hydrogens (tertiary/aromatic N) is 1. The van der Waals surface area contributed by atoms with Gasteiger partial charge < -0.3 is 5.32 Å². The Labute approximate surface area is 148 Å². The lowest BCUT2D eigenvalue weighted by molar-refractivity contribution is 0.270. The molecule has 1 saturated heterocycles. The Hall–Kier alpha value is -0.740. The third-order valence-corrected chi connectivity index (χ3v) is 7.03. The van der Waals surface area contributed by atoms with Crippen molar-refractivity contribution in [3.63, 3.8) is 0 Å². The summed E-state index contributed by atoms with van der Waals surface area (Å²) < 4.78 is 63.2. The number of piperidine rings is 1. The third kappa shape index (κ3) is 4.66. The van der Waals surface area contributed by atoms with Crippen LogP contribution in [0.25, 0.3) is 0 Å². The molecule has 1 aliphatic rings. The van der Waals surface area contributed by atoms with Gasteiger partial charge in [-0.3, -0.25) is 0 Å². The number of hydrogen-bond acceptors (Lipinski definition) is 5. The maximum Gasteiger partial charge on any atom is 0.243 e. The zero-order valence-electron chi connectivity index (χ0n) is 13.5. The monoisotopic (exact) mass is 400 g/mol. The van der Waals surface area contributed by atoms with E-state index in [1.54, 1.807) is 0 Å². The molecule has 0 atom stereocenters. The van der Waals surface area contributed by atoms with Gasteiger partial charge in [0.25, 0.3) is 0 Å². The molecule has 0 bridgehead atoms. The van der Waals surface area contributed by atoms with Gasteiger partial charge in [0, 0.05) is 19.3 Å². The van der Waals surface area contributed by atoms with Crippen LogP contribution in [0, 0.1) is 11.7 Å². The molecule has 6 nitrogen and oxygen atoms in total. The highest BCUT2D eigenvalue weighted by atomic mass is 35.5. The predicted molar refractivity (Wildman–Crippen MR) is 92.2 cm³/mol. The summed E-state index contributed by atoms with van der Waals surface area (Å²) in [5, 5.41) is 3.08. The van der Waals surface area contributed by atoms with E-state index in [0.29, 0.717) is 19.0 Å². The molecule has 1 aromatic carbocycles. The van der Waals surface area contributed by atoms with E-state index in [9.17, 15) is 21.2 Å². The maximum atomic E-state index is 13.9. The molecule has 1 aromatic rings. The number of hydrogen-bond donors (Lipinski definition) is 1. The van der Waals surface area contributed by atoms with Crippen LogP contribution in [-0.4, -0.2) is 54.1 Å². The van der Waals surface area contributed by atoms with E-state index in [-0.39, 0.29) is 17.3 Å². The van der Waals surface area contributed by atoms with E-state index >= 15 is 0 Å². The molecule has 1 aliphatic heterocycles. The van der Waals surface area contributed by atoms with Crippen molar-refractivity contribution < 1.29 is 21.2 Å². The molecule has 0 spiro atoms. The first-order chi connectivity index (χ1) is 10.7. The van der Waals surface area contributed by atoms with Gasteiger partial charge in [0.1, 0.15) is 10.7 Å². The molecule has 0 saturated carbocycles. The van der Waals surface area contributed by atoms with Crippen molar-refractivity contribution in [3.05, 3.63) is 24.0 Å². The molecule has 1 fully saturated rings. The summed E-state index contributed by atoms with van der Waals surface area (Å²) in [5.41, 5.74) is 0. The van der Waals surface area contributed by atoms with Gasteiger partial charge in [0.15, 0.2) is 9.84 Å². The van der Waals surface area contributed by atoms with E-state index in [1.807, 2.05) is 7.05 Å². The fourth-order valence-corrected chi connectivity index (χ4v) is 4.94. The van der Waals surface area contributed by atoms with Crippen LogP contribution in [0.5, 0.6) is 0 Å². The highest BCUT2D eigenvalue weighted by Crippen LogP contribution is 2.25. The Morgan fingerprint density at radius 3 is 2.25 bits per heavy atom. The molecule has 0 radical (unpaired) electrons. The minimum Gasteiger partial charge on any atom is -0.319 e. The Balaban J connectivity index is 0.00000288. The van der Waals surface area contributed by atoms with Crippen LogP contribution in [0.3, 0.4) is 0 Å². The van der Waals surface area contributed by atoms with Crippen molar-refractivity contribution in [2.75, 3.05) is 32.9 Å². The number of nitrogens with one attached hydrogen (secondary N) is 1. The molecule has 0 aliphatic carbocycles. The zero-order valence-corrected chi connectivity index (χ0v) is 16.0. The van der Waals surface area contributed by atoms with Crippen molar-refractivity contribution in [3.8, 4) is 0 Å². The molecular weight excluding hydrogens is 379 g/mol. The van der Waals surface area contributed by atoms with Gasteiger partial charge in [-0.05, 0) is 50.6 Å². The summed E-state index contributed by atoms with van der Waals surface area (Å²) in [6.45, 7) is 1.60. The second kappa shape index (κ2) is 8.09. The normalized spacial score (nSPS) is 17.5. The largest absolute Gasteiger partial charge is 0.319 e. The van der Waals surface area contributed by atoms with Crippen molar-refractivity contribution in [2.45, 2.75) is 22.6 Å². The summed E-state index contributed by atoms with van der Waals surface area (Å²) in [6, 6.07) is 2.94. The van der Waals surface area contributed by atoms with E-state index in [2.05, 4.69) is 5.32 Å². The summed E-state index contributed by atoms with van der Waals surface area (Å²) in [5.74, 6) is -0.616. The van der Waals surface area contributed by atoms with Crippen molar-refractivity contribution >= 4 is 32.3 Å². The lowest BCUT2D eigenvalue weighted by Gasteiger charge is -2.31. The molecule has 2 rings (SSSR count). The molecule has 1 heterocycles. The van der Waals surface area contributed by atoms with E-state index in [0.717, 1.165) is 43.8 Å². The van der Waals surface area contributed by atoms with Crippen LogP contribution in [0.2, 0.25) is 0 Å². The minimum atomic E-state index is -3.81. The summed E-state index contributed by atoms with van der Waals surface area (Å²) in [4.78, 5) is -0.710. The lowest BCUT2D eigenvalue weighted by atomic mass is 9.98. The van der Waals surface area contributed by atoms with Crippen LogP contribution in [0.4, 0.5) is 4.39 Å². The molecule has 0 unspecified atom stereocenters. The first-order valence-electron chi connectivity index (χ1n) is 7.30. The van der Waals surface area contributed by atoms with Crippen LogP contribution >= 0.6 is 12.4 Å². The van der Waals surface area contributed by atoms with Crippen molar-refractivity contribution in [1.29, 1.82) is 0 Å². The number of halogens is 2. The quantitative estimate of drug-likeness (QED) is 0.804. The Bertz CT molecular complexity index is 776. The predicted octanol–water partition coefficient (Wildman–Crippen LogP) is 1.27. The number of sulfone groups is 1. The van der Waals surface area contributed by atoms with Crippen molar-refractivity contribution in [2.24, 2.45) is 5.92 Å². The molecule has 10 heteroatoms. The van der Waals surface area contributed by atoms with E-state index in [1.165, 1.54) is 4.31 Å². The van der Waals surface area contributed by atoms with Gasteiger partial charge in [0.05, 0.1) is 4.90 Å². The van der Waals surface area contributed by atoms with Gasteiger partial charge in [-0.25, -0.2) is 21.2 Å². The standard InChI is InChI=1S/C14H21FN2O4S2.ClH/c1-16-10-11-5-7-17(8-6-11)23(20,21)12-3-4-14(13(15)9-12)22(2,18)19;/h3-4,9,11,16H,5-8,10H2,1-2H3;1H. The second-order valence-electron chi connectivity index (χ2n) is 5.77. The molecule has 0 amide bonds. The maximum absolute atomic E-state index is 13.9. The number of benzene rings is 1. The van der Waals surface area contributed by atoms with E-state index in [4.69, 9.17) is 0 Å². The first kappa shape index (κ1) is 21.3. The fraction of sp³-hybridized carbons (Fsp3) is 0.571. The topological polar surface area (TPSA) is 83.6 Å². The minimum absolute atomic E-state index is 0. The lowest BCUT2D eigenvalue weighted by Crippen LogP contribution is -2.40. The van der Waals surface area contributed by atoms with Crippen LogP contribution in [-0.2, 0) is 19.9 Å². The van der Waals surface area contributed by atoms with Gasteiger partial charge >= 0.3 is 0 Å². The molecule has 24 heavy (non-hydrogen) atoms. The van der Waals surface area contributed by atoms with Crippen LogP contribution < -0.4 is 5.32 Å². The molecule has 1 N–H and O–H groups in total. The molecule has 138 valence electrons. The average Bonchev–Trinajstić information content (AvgIpc) is 2.46.